The van der Waals surface area contributed by atoms with E-state index in [0.717, 1.165) is 55.3 Å². The monoisotopic (exact) mass is 420 g/mol. The predicted octanol–water partition coefficient (Wildman–Crippen LogP) is 3.15. The van der Waals surface area contributed by atoms with Crippen LogP contribution in [-0.2, 0) is 0 Å². The zero-order chi connectivity index (χ0) is 22.6. The number of H-pyrrole nitrogens is 4. The number of hydrogen-bond donors (Lipinski definition) is 4. The molecule has 0 spiro atoms. The van der Waals surface area contributed by atoms with Gasteiger partial charge in [-0.3, -0.25) is 0 Å². The number of aromatic amines is 4. The largest absolute Gasteiger partial charge is 0.355 e. The number of aromatic nitrogens is 4. The average molecular weight is 421 g/mol. The van der Waals surface area contributed by atoms with Crippen molar-refractivity contribution in [1.29, 1.82) is 0 Å². The molecule has 0 unspecified atom stereocenters. The van der Waals surface area contributed by atoms with Crippen molar-refractivity contribution in [1.82, 2.24) is 19.9 Å². The SMILES string of the molecule is C=Cc1c2[nH]c(c1C)C=c1[nH]c(cc1C)=Cc1cc(C)c([nH]1)C=c1[nH]c(c(C)c1C=C)=C2. The van der Waals surface area contributed by atoms with E-state index in [9.17, 15) is 0 Å². The second-order valence-corrected chi connectivity index (χ2v) is 8.61. The molecule has 32 heavy (non-hydrogen) atoms. The quantitative estimate of drug-likeness (QED) is 0.339. The molecule has 5 heterocycles. The third kappa shape index (κ3) is 3.16. The highest BCUT2D eigenvalue weighted by Gasteiger charge is 2.11. The van der Waals surface area contributed by atoms with E-state index in [1.54, 1.807) is 0 Å². The summed E-state index contributed by atoms with van der Waals surface area (Å²) in [6.45, 7) is 16.6. The Hall–Kier alpha value is -3.92. The van der Waals surface area contributed by atoms with E-state index < -0.39 is 0 Å². The lowest BCUT2D eigenvalue weighted by atomic mass is 10.1. The van der Waals surface area contributed by atoms with Gasteiger partial charge in [0, 0.05) is 55.3 Å². The molecule has 4 aromatic rings. The Morgan fingerprint density at radius 1 is 0.594 bits per heavy atom. The van der Waals surface area contributed by atoms with Crippen LogP contribution in [0.2, 0.25) is 0 Å². The summed E-state index contributed by atoms with van der Waals surface area (Å²) in [6.07, 6.45) is 12.5. The van der Waals surface area contributed by atoms with Crippen LogP contribution in [0, 0.1) is 27.7 Å². The van der Waals surface area contributed by atoms with Crippen LogP contribution in [0.15, 0.2) is 25.3 Å². The molecule has 0 aliphatic carbocycles. The third-order valence-corrected chi connectivity index (χ3v) is 6.47. The van der Waals surface area contributed by atoms with Crippen LogP contribution < -0.4 is 21.4 Å². The highest BCUT2D eigenvalue weighted by atomic mass is 14.8. The Labute approximate surface area is 187 Å². The van der Waals surface area contributed by atoms with Gasteiger partial charge < -0.3 is 19.9 Å². The number of hydrogen-bond acceptors (Lipinski definition) is 0. The van der Waals surface area contributed by atoms with Gasteiger partial charge in [-0.2, -0.15) is 0 Å². The van der Waals surface area contributed by atoms with Crippen LogP contribution in [0.5, 0.6) is 0 Å². The van der Waals surface area contributed by atoms with Crippen LogP contribution >= 0.6 is 0 Å². The first-order valence-electron chi connectivity index (χ1n) is 10.9. The molecular formula is C28H28N4. The fourth-order valence-corrected chi connectivity index (χ4v) is 4.61. The molecule has 0 aromatic carbocycles. The van der Waals surface area contributed by atoms with E-state index in [1.807, 2.05) is 12.2 Å². The fourth-order valence-electron chi connectivity index (χ4n) is 4.61. The van der Waals surface area contributed by atoms with E-state index in [-0.39, 0.29) is 0 Å². The molecule has 1 aliphatic heterocycles. The lowest BCUT2D eigenvalue weighted by Gasteiger charge is -1.94. The minimum absolute atomic E-state index is 1.04. The van der Waals surface area contributed by atoms with Gasteiger partial charge in [0.2, 0.25) is 0 Å². The number of fused-ring (bicyclic) bond motifs is 8. The molecule has 4 aromatic heterocycles. The number of rotatable bonds is 2. The molecule has 160 valence electrons. The molecule has 8 bridgehead atoms. The molecule has 4 heteroatoms. The van der Waals surface area contributed by atoms with E-state index in [2.05, 4.69) is 97.2 Å². The fraction of sp³-hybridized carbons (Fsp3) is 0.143. The maximum absolute atomic E-state index is 4.06. The van der Waals surface area contributed by atoms with E-state index in [4.69, 9.17) is 0 Å². The van der Waals surface area contributed by atoms with Crippen molar-refractivity contribution in [2.24, 2.45) is 0 Å². The van der Waals surface area contributed by atoms with Crippen molar-refractivity contribution < 1.29 is 0 Å². The highest BCUT2D eigenvalue weighted by Crippen LogP contribution is 2.21. The molecule has 4 N–H and O–H groups in total. The van der Waals surface area contributed by atoms with E-state index >= 15 is 0 Å². The second-order valence-electron chi connectivity index (χ2n) is 8.61. The first kappa shape index (κ1) is 20.0. The highest BCUT2D eigenvalue weighted by molar-refractivity contribution is 5.71. The molecule has 1 aliphatic rings. The molecule has 0 saturated carbocycles. The van der Waals surface area contributed by atoms with Gasteiger partial charge in [0.15, 0.2) is 0 Å². The topological polar surface area (TPSA) is 63.2 Å². The Bertz CT molecular complexity index is 1640. The summed E-state index contributed by atoms with van der Waals surface area (Å²) >= 11 is 0. The normalized spacial score (nSPS) is 12.4. The smallest absolute Gasteiger partial charge is 0.0482 e. The summed E-state index contributed by atoms with van der Waals surface area (Å²) in [4.78, 5) is 14.3. The minimum atomic E-state index is 1.04. The van der Waals surface area contributed by atoms with Crippen LogP contribution in [0.3, 0.4) is 0 Å². The predicted molar refractivity (Wildman–Crippen MR) is 135 cm³/mol. The Morgan fingerprint density at radius 3 is 2.06 bits per heavy atom. The van der Waals surface area contributed by atoms with Crippen LogP contribution in [-0.4, -0.2) is 19.9 Å². The molecule has 0 fully saturated rings. The van der Waals surface area contributed by atoms with Gasteiger partial charge in [-0.05, 0) is 86.4 Å². The minimum Gasteiger partial charge on any atom is -0.355 e. The van der Waals surface area contributed by atoms with Crippen molar-refractivity contribution in [3.05, 3.63) is 103 Å². The molecule has 0 saturated heterocycles. The lowest BCUT2D eigenvalue weighted by Crippen LogP contribution is -2.12. The Balaban J connectivity index is 1.94. The summed E-state index contributed by atoms with van der Waals surface area (Å²) in [5.74, 6) is 0. The zero-order valence-corrected chi connectivity index (χ0v) is 19.0. The summed E-state index contributed by atoms with van der Waals surface area (Å²) in [5, 5.41) is 4.26. The van der Waals surface area contributed by atoms with Crippen molar-refractivity contribution in [2.45, 2.75) is 27.7 Å². The lowest BCUT2D eigenvalue weighted by molar-refractivity contribution is 1.21. The van der Waals surface area contributed by atoms with Crippen molar-refractivity contribution in [3.63, 3.8) is 0 Å². The molecule has 0 radical (unpaired) electrons. The van der Waals surface area contributed by atoms with Gasteiger partial charge in [-0.25, -0.2) is 0 Å². The van der Waals surface area contributed by atoms with Crippen molar-refractivity contribution in [2.75, 3.05) is 0 Å². The summed E-state index contributed by atoms with van der Waals surface area (Å²) < 4.78 is 0. The van der Waals surface area contributed by atoms with Crippen LogP contribution in [0.25, 0.3) is 36.5 Å². The zero-order valence-electron chi connectivity index (χ0n) is 19.0. The first-order valence-corrected chi connectivity index (χ1v) is 10.9. The van der Waals surface area contributed by atoms with Crippen LogP contribution in [0.1, 0.15) is 56.2 Å². The van der Waals surface area contributed by atoms with E-state index in [1.165, 1.54) is 22.3 Å². The van der Waals surface area contributed by atoms with Gasteiger partial charge >= 0.3 is 0 Å². The summed E-state index contributed by atoms with van der Waals surface area (Å²) in [7, 11) is 0. The number of nitrogens with one attached hydrogen (secondary N) is 4. The summed E-state index contributed by atoms with van der Waals surface area (Å²) in [6, 6.07) is 4.36. The van der Waals surface area contributed by atoms with E-state index in [0.29, 0.717) is 0 Å². The summed E-state index contributed by atoms with van der Waals surface area (Å²) in [5.41, 5.74) is 11.2. The van der Waals surface area contributed by atoms with Crippen molar-refractivity contribution in [3.8, 4) is 0 Å². The number of aryl methyl sites for hydroxylation is 2. The Kier molecular flexibility index (Phi) is 4.59. The third-order valence-electron chi connectivity index (χ3n) is 6.47. The molecule has 5 rings (SSSR count). The van der Waals surface area contributed by atoms with Crippen molar-refractivity contribution >= 4 is 36.5 Å². The standard InChI is InChI=1S/C28H28N4/c1-7-21-18(6)26-14-28-22(8-2)17(5)25(31-28)12-23-15(3)9-19(29-23)11-20-10-16(4)24(30-20)13-27(21)32-26/h7-14,29-32H,1-2H2,3-6H3. The maximum Gasteiger partial charge on any atom is 0.0482 e. The van der Waals surface area contributed by atoms with Gasteiger partial charge in [0.1, 0.15) is 0 Å². The van der Waals surface area contributed by atoms with Crippen LogP contribution in [0.4, 0.5) is 0 Å². The molecular weight excluding hydrogens is 392 g/mol. The Morgan fingerprint density at radius 2 is 1.31 bits per heavy atom. The van der Waals surface area contributed by atoms with Gasteiger partial charge in [0.05, 0.1) is 0 Å². The maximum atomic E-state index is 4.06. The van der Waals surface area contributed by atoms with Gasteiger partial charge in [-0.15, -0.1) is 0 Å². The van der Waals surface area contributed by atoms with Gasteiger partial charge in [0.25, 0.3) is 0 Å². The first-order chi connectivity index (χ1) is 15.4. The average Bonchev–Trinajstić information content (AvgIpc) is 3.44. The molecule has 0 atom stereocenters. The molecule has 0 amide bonds. The molecule has 4 nitrogen and oxygen atoms in total. The second kappa shape index (κ2) is 7.34. The van der Waals surface area contributed by atoms with Gasteiger partial charge in [-0.1, -0.05) is 25.3 Å².